The van der Waals surface area contributed by atoms with Gasteiger partial charge < -0.3 is 48.8 Å². The molecule has 4 saturated heterocycles. The molecule has 4 fully saturated rings. The maximum Gasteiger partial charge on any atom is 0.311 e. The number of ketones is 1. The lowest BCUT2D eigenvalue weighted by Gasteiger charge is -2.54. The highest BCUT2D eigenvalue weighted by molar-refractivity contribution is 5.84. The van der Waals surface area contributed by atoms with E-state index >= 15 is 0 Å². The molecule has 2 spiro atoms. The predicted octanol–water partition coefficient (Wildman–Crippen LogP) is 9.03. The number of carbonyl (C=O) groups is 3. The molecule has 0 aliphatic carbocycles. The number of nitrogens with zero attached hydrogens (tertiary/aromatic N) is 3. The van der Waals surface area contributed by atoms with Crippen molar-refractivity contribution in [3.8, 4) is 0 Å². The van der Waals surface area contributed by atoms with Crippen LogP contribution in [0.2, 0.25) is 0 Å². The maximum atomic E-state index is 14.8. The molecule has 0 bridgehead atoms. The summed E-state index contributed by atoms with van der Waals surface area (Å²) in [4.78, 5) is 39.1. The van der Waals surface area contributed by atoms with Crippen molar-refractivity contribution >= 4 is 17.7 Å². The maximum absolute atomic E-state index is 14.8. The minimum Gasteiger partial charge on any atom is -0.481 e. The first-order chi connectivity index (χ1) is 34.1. The van der Waals surface area contributed by atoms with Crippen LogP contribution in [0.4, 0.5) is 0 Å². The van der Waals surface area contributed by atoms with E-state index in [1.807, 2.05) is 47.7 Å². The zero-order valence-corrected chi connectivity index (χ0v) is 45.5. The summed E-state index contributed by atoms with van der Waals surface area (Å²) in [5.74, 6) is -6.08. The van der Waals surface area contributed by atoms with Crippen LogP contribution in [0.25, 0.3) is 0 Å². The second-order valence-electron chi connectivity index (χ2n) is 23.1. The molecule has 6 heterocycles. The van der Waals surface area contributed by atoms with Crippen molar-refractivity contribution in [3.05, 3.63) is 24.0 Å². The Hall–Kier alpha value is -2.83. The highest BCUT2D eigenvalue weighted by Gasteiger charge is 2.63. The average Bonchev–Trinajstić information content (AvgIpc) is 3.96. The number of hydrogen-bond acceptors (Lipinski definition) is 14. The van der Waals surface area contributed by atoms with Crippen LogP contribution in [0.1, 0.15) is 197 Å². The SMILES string of the molecule is CC[C@@H](C(=O)[C@@H](C)[C@@H](O)[C@H](C)[C@@H]1O[C@@H]([C@@H](CC)C(=O)OCc2cn(CCCCCCCCCCC(=O)O)nn2)CC[C@@H]1C)[C@H]1O[C@]2(C=C[C@@H](O)[C@]3(CC[C@@](C)([C@H]4CC[C@](O)(CC)[C@H](C)O4)O3)O2)[C@H](C)C[C@@H]1C. The first kappa shape index (κ1) is 58.4. The number of aliphatic carboxylic acids is 1. The van der Waals surface area contributed by atoms with Gasteiger partial charge in [-0.2, -0.15) is 0 Å². The van der Waals surface area contributed by atoms with Gasteiger partial charge in [0.2, 0.25) is 5.79 Å². The lowest BCUT2D eigenvalue weighted by Crippen LogP contribution is -2.63. The van der Waals surface area contributed by atoms with Crippen molar-refractivity contribution < 1.29 is 63.2 Å². The summed E-state index contributed by atoms with van der Waals surface area (Å²) in [5.41, 5.74) is -1.08. The van der Waals surface area contributed by atoms with Gasteiger partial charge in [-0.1, -0.05) is 99.1 Å². The summed E-state index contributed by atoms with van der Waals surface area (Å²) < 4.78 is 41.7. The largest absolute Gasteiger partial charge is 0.481 e. The summed E-state index contributed by atoms with van der Waals surface area (Å²) in [5, 5.41) is 52.0. The third-order valence-corrected chi connectivity index (χ3v) is 17.9. The van der Waals surface area contributed by atoms with E-state index in [0.29, 0.717) is 63.5 Å². The van der Waals surface area contributed by atoms with Crippen molar-refractivity contribution in [2.75, 3.05) is 0 Å². The molecule has 0 radical (unpaired) electrons. The van der Waals surface area contributed by atoms with Gasteiger partial charge in [-0.3, -0.25) is 19.1 Å². The minimum atomic E-state index is -1.39. The Kier molecular flexibility index (Phi) is 20.6. The van der Waals surface area contributed by atoms with Crippen LogP contribution in [-0.4, -0.2) is 119 Å². The molecule has 16 nitrogen and oxygen atoms in total. The molecule has 1 aromatic rings. The number of aliphatic hydroxyl groups is 3. The molecular formula is C56H93N3O13. The van der Waals surface area contributed by atoms with E-state index in [4.69, 9.17) is 33.5 Å². The van der Waals surface area contributed by atoms with E-state index in [1.54, 1.807) is 23.8 Å². The molecule has 5 aliphatic rings. The number of esters is 1. The number of aromatic nitrogens is 3. The van der Waals surface area contributed by atoms with Crippen LogP contribution in [0.3, 0.4) is 0 Å². The number of ether oxygens (including phenoxy) is 6. The average molecular weight is 1020 g/mol. The van der Waals surface area contributed by atoms with Crippen LogP contribution in [0.15, 0.2) is 18.3 Å². The predicted molar refractivity (Wildman–Crippen MR) is 270 cm³/mol. The standard InChI is InChI=1S/C56H93N3O13/c1-11-42(52(65)67-34-41-33-59(58-57-41)31-21-19-17-15-14-16-18-20-22-47(61)62)44-24-23-35(4)50(69-44)39(8)48(63)38(7)49(64)43(12-2)51-36(5)32-37(6)55(70-51)28-25-45(60)56(72-55)30-29-53(10,71-56)46-26-27-54(66,13-3)40(9)68-46/h25,28,33,35-40,42-46,48,50-51,60,63,66H,11-24,26-27,29-32,34H2,1-10H3,(H,61,62)/t35-,36-,37+,38-,39-,40-,42+,43-,44+,45+,46+,48+,50+,51-,53-,54+,55-,56-/m0/s1. The fourth-order valence-corrected chi connectivity index (χ4v) is 12.9. The molecular weight excluding hydrogens is 923 g/mol. The Balaban J connectivity index is 1.01. The van der Waals surface area contributed by atoms with Crippen molar-refractivity contribution in [2.24, 2.45) is 41.4 Å². The fourth-order valence-electron chi connectivity index (χ4n) is 12.9. The number of aliphatic hydroxyl groups excluding tert-OH is 2. The minimum absolute atomic E-state index is 0.00725. The van der Waals surface area contributed by atoms with Crippen LogP contribution in [-0.2, 0) is 56.0 Å². The van der Waals surface area contributed by atoms with Gasteiger partial charge in [0.15, 0.2) is 5.79 Å². The van der Waals surface area contributed by atoms with Gasteiger partial charge in [0.1, 0.15) is 24.2 Å². The van der Waals surface area contributed by atoms with Gasteiger partial charge in [0, 0.05) is 43.1 Å². The van der Waals surface area contributed by atoms with Gasteiger partial charge >= 0.3 is 11.9 Å². The molecule has 16 heteroatoms. The van der Waals surface area contributed by atoms with Crippen molar-refractivity contribution in [2.45, 2.75) is 270 Å². The molecule has 0 aromatic carbocycles. The first-order valence-corrected chi connectivity index (χ1v) is 28.1. The number of hydrogen-bond donors (Lipinski definition) is 4. The number of carbonyl (C=O) groups excluding carboxylic acids is 2. The van der Waals surface area contributed by atoms with Gasteiger partial charge in [-0.05, 0) is 108 Å². The van der Waals surface area contributed by atoms with Crippen LogP contribution < -0.4 is 0 Å². The molecule has 18 atom stereocenters. The highest BCUT2D eigenvalue weighted by Crippen LogP contribution is 2.54. The van der Waals surface area contributed by atoms with E-state index in [1.165, 1.54) is 0 Å². The summed E-state index contributed by atoms with van der Waals surface area (Å²) in [6.07, 6.45) is 15.7. The molecule has 0 saturated carbocycles. The third kappa shape index (κ3) is 13.4. The van der Waals surface area contributed by atoms with E-state index in [9.17, 15) is 29.7 Å². The van der Waals surface area contributed by atoms with Crippen LogP contribution >= 0.6 is 0 Å². The lowest BCUT2D eigenvalue weighted by atomic mass is 9.72. The highest BCUT2D eigenvalue weighted by atomic mass is 16.8. The lowest BCUT2D eigenvalue weighted by molar-refractivity contribution is -0.409. The molecule has 6 rings (SSSR count). The summed E-state index contributed by atoms with van der Waals surface area (Å²) >= 11 is 0. The van der Waals surface area contributed by atoms with Gasteiger partial charge in [-0.15, -0.1) is 5.10 Å². The molecule has 0 unspecified atom stereocenters. The van der Waals surface area contributed by atoms with E-state index in [2.05, 4.69) is 31.1 Å². The second-order valence-corrected chi connectivity index (χ2v) is 23.1. The molecule has 72 heavy (non-hydrogen) atoms. The number of carboxylic acids is 1. The van der Waals surface area contributed by atoms with Crippen LogP contribution in [0, 0.1) is 41.4 Å². The summed E-state index contributed by atoms with van der Waals surface area (Å²) in [7, 11) is 0. The molecule has 0 amide bonds. The second kappa shape index (κ2) is 25.3. The first-order valence-electron chi connectivity index (χ1n) is 28.1. The topological polar surface area (TPSA) is 218 Å². The molecule has 1 aromatic heterocycles. The Morgan fingerprint density at radius 2 is 1.54 bits per heavy atom. The Bertz CT molecular complexity index is 1950. The Morgan fingerprint density at radius 1 is 0.861 bits per heavy atom. The quantitative estimate of drug-likeness (QED) is 0.0408. The number of aryl methyl sites for hydroxylation is 1. The van der Waals surface area contributed by atoms with Crippen molar-refractivity contribution in [3.63, 3.8) is 0 Å². The van der Waals surface area contributed by atoms with Crippen molar-refractivity contribution in [1.29, 1.82) is 0 Å². The third-order valence-electron chi connectivity index (χ3n) is 17.9. The van der Waals surface area contributed by atoms with Crippen molar-refractivity contribution in [1.82, 2.24) is 15.0 Å². The zero-order valence-electron chi connectivity index (χ0n) is 45.5. The monoisotopic (exact) mass is 1020 g/mol. The fraction of sp³-hybridized carbons (Fsp3) is 0.875. The Labute approximate surface area is 430 Å². The molecule has 410 valence electrons. The zero-order chi connectivity index (χ0) is 52.6. The number of unbranched alkanes of at least 4 members (excludes halogenated alkanes) is 7. The smallest absolute Gasteiger partial charge is 0.311 e. The van der Waals surface area contributed by atoms with E-state index in [-0.39, 0.29) is 54.7 Å². The van der Waals surface area contributed by atoms with E-state index < -0.39 is 82.9 Å². The number of carboxylic acid groups (broad SMARTS) is 1. The van der Waals surface area contributed by atoms with E-state index in [0.717, 1.165) is 64.3 Å². The summed E-state index contributed by atoms with van der Waals surface area (Å²) in [6, 6.07) is 0. The van der Waals surface area contributed by atoms with Gasteiger partial charge in [0.25, 0.3) is 0 Å². The molecule has 4 N–H and O–H groups in total. The van der Waals surface area contributed by atoms with Gasteiger partial charge in [-0.25, -0.2) is 0 Å². The van der Waals surface area contributed by atoms with Gasteiger partial charge in [0.05, 0.1) is 59.9 Å². The number of rotatable bonds is 25. The number of Topliss-reactive ketones (excluding diaryl/α,β-unsaturated/α-hetero) is 1. The van der Waals surface area contributed by atoms with Crippen LogP contribution in [0.5, 0.6) is 0 Å². The summed E-state index contributed by atoms with van der Waals surface area (Å²) in [6.45, 7) is 20.6. The molecule has 5 aliphatic heterocycles. The Morgan fingerprint density at radius 3 is 2.19 bits per heavy atom. The normalized spacial score (nSPS) is 37.0.